The summed E-state index contributed by atoms with van der Waals surface area (Å²) in [6, 6.07) is 3.78. The molecule has 3 atom stereocenters. The van der Waals surface area contributed by atoms with Gasteiger partial charge in [-0.2, -0.15) is 12.6 Å². The maximum absolute atomic E-state index is 13.6. The fourth-order valence-corrected chi connectivity index (χ4v) is 3.66. The molecule has 3 amide bonds. The standard InChI is InChI=1S/C24H39N3O5S/c1-8-9-16(4)25-21(29)20(17-10-12-18(28)13-11-17)27(15(2)3)22(30)19(14-33)26-23(31)32-24(5,6)7/h10-13,15-16,19-20,28,33H,8-9,14H2,1-7H3,(H,25,29)(H,26,31). The third-order valence-electron chi connectivity index (χ3n) is 4.83. The summed E-state index contributed by atoms with van der Waals surface area (Å²) >= 11 is 4.26. The van der Waals surface area contributed by atoms with E-state index in [0.29, 0.717) is 5.56 Å². The van der Waals surface area contributed by atoms with Crippen molar-refractivity contribution in [1.82, 2.24) is 15.5 Å². The summed E-state index contributed by atoms with van der Waals surface area (Å²) in [5.74, 6) is -0.710. The molecule has 0 heterocycles. The Hall–Kier alpha value is -2.42. The molecule has 9 heteroatoms. The fraction of sp³-hybridized carbons (Fsp3) is 0.625. The molecule has 0 aliphatic heterocycles. The number of hydrogen-bond acceptors (Lipinski definition) is 6. The number of phenols is 1. The second kappa shape index (κ2) is 12.7. The van der Waals surface area contributed by atoms with E-state index in [4.69, 9.17) is 4.74 Å². The number of ether oxygens (including phenoxy) is 1. The van der Waals surface area contributed by atoms with Crippen molar-refractivity contribution in [2.75, 3.05) is 5.75 Å². The number of nitrogens with one attached hydrogen (secondary N) is 2. The van der Waals surface area contributed by atoms with E-state index >= 15 is 0 Å². The normalized spacial score (nSPS) is 14.2. The second-order valence-electron chi connectivity index (χ2n) is 9.41. The average Bonchev–Trinajstić information content (AvgIpc) is 2.69. The van der Waals surface area contributed by atoms with Crippen LogP contribution in [0.1, 0.15) is 72.9 Å². The monoisotopic (exact) mass is 481 g/mol. The van der Waals surface area contributed by atoms with Gasteiger partial charge in [0.2, 0.25) is 11.8 Å². The van der Waals surface area contributed by atoms with Gasteiger partial charge in [0.05, 0.1) is 0 Å². The molecule has 0 fully saturated rings. The molecule has 0 spiro atoms. The van der Waals surface area contributed by atoms with Crippen LogP contribution in [0.25, 0.3) is 0 Å². The molecule has 0 saturated carbocycles. The molecule has 3 unspecified atom stereocenters. The second-order valence-corrected chi connectivity index (χ2v) is 9.78. The highest BCUT2D eigenvalue weighted by atomic mass is 32.1. The quantitative estimate of drug-likeness (QED) is 0.380. The third-order valence-corrected chi connectivity index (χ3v) is 5.19. The molecule has 1 aromatic rings. The van der Waals surface area contributed by atoms with Crippen LogP contribution in [0.4, 0.5) is 4.79 Å². The van der Waals surface area contributed by atoms with E-state index in [1.54, 1.807) is 46.8 Å². The number of hydrogen-bond donors (Lipinski definition) is 4. The van der Waals surface area contributed by atoms with Gasteiger partial charge >= 0.3 is 6.09 Å². The largest absolute Gasteiger partial charge is 0.508 e. The lowest BCUT2D eigenvalue weighted by Crippen LogP contribution is -2.56. The van der Waals surface area contributed by atoms with Crippen molar-refractivity contribution in [2.24, 2.45) is 0 Å². The van der Waals surface area contributed by atoms with Crippen LogP contribution in [-0.2, 0) is 14.3 Å². The van der Waals surface area contributed by atoms with Gasteiger partial charge in [0.15, 0.2) is 0 Å². The van der Waals surface area contributed by atoms with Crippen molar-refractivity contribution < 1.29 is 24.2 Å². The number of phenolic OH excluding ortho intramolecular Hbond substituents is 1. The molecule has 0 aliphatic carbocycles. The Kier molecular flexibility index (Phi) is 11.0. The van der Waals surface area contributed by atoms with Gasteiger partial charge in [0.25, 0.3) is 0 Å². The highest BCUT2D eigenvalue weighted by molar-refractivity contribution is 7.80. The number of alkyl carbamates (subject to hydrolysis) is 1. The van der Waals surface area contributed by atoms with Crippen LogP contribution < -0.4 is 10.6 Å². The number of thiol groups is 1. The zero-order valence-corrected chi connectivity index (χ0v) is 21.6. The summed E-state index contributed by atoms with van der Waals surface area (Å²) in [5, 5.41) is 15.3. The zero-order chi connectivity index (χ0) is 25.3. The number of aromatic hydroxyl groups is 1. The van der Waals surface area contributed by atoms with Crippen LogP contribution in [0, 0.1) is 0 Å². The van der Waals surface area contributed by atoms with Gasteiger partial charge in [-0.15, -0.1) is 0 Å². The minimum absolute atomic E-state index is 0.0252. The highest BCUT2D eigenvalue weighted by Crippen LogP contribution is 2.27. The van der Waals surface area contributed by atoms with E-state index in [-0.39, 0.29) is 29.5 Å². The number of amides is 3. The van der Waals surface area contributed by atoms with Crippen LogP contribution in [-0.4, -0.2) is 57.4 Å². The van der Waals surface area contributed by atoms with Gasteiger partial charge in [-0.05, 0) is 65.7 Å². The van der Waals surface area contributed by atoms with E-state index < -0.39 is 29.7 Å². The Labute approximate surface area is 202 Å². The van der Waals surface area contributed by atoms with E-state index in [2.05, 4.69) is 23.3 Å². The maximum atomic E-state index is 13.6. The summed E-state index contributed by atoms with van der Waals surface area (Å²) < 4.78 is 5.28. The van der Waals surface area contributed by atoms with Gasteiger partial charge in [0, 0.05) is 17.8 Å². The van der Waals surface area contributed by atoms with Crippen molar-refractivity contribution in [3.05, 3.63) is 29.8 Å². The molecule has 0 bridgehead atoms. The summed E-state index contributed by atoms with van der Waals surface area (Å²) in [5.41, 5.74) is -0.179. The van der Waals surface area contributed by atoms with Crippen molar-refractivity contribution in [2.45, 2.75) is 91.1 Å². The number of rotatable bonds is 10. The molecule has 3 N–H and O–H groups in total. The Morgan fingerprint density at radius 3 is 2.12 bits per heavy atom. The SMILES string of the molecule is CCCC(C)NC(=O)C(c1ccc(O)cc1)N(C(=O)C(CS)NC(=O)OC(C)(C)C)C(C)C. The number of carbonyl (C=O) groups excluding carboxylic acids is 3. The van der Waals surface area contributed by atoms with Crippen molar-refractivity contribution >= 4 is 30.5 Å². The Balaban J connectivity index is 3.33. The fourth-order valence-electron chi connectivity index (χ4n) is 3.42. The predicted octanol–water partition coefficient (Wildman–Crippen LogP) is 3.80. The number of nitrogens with zero attached hydrogens (tertiary/aromatic N) is 1. The summed E-state index contributed by atoms with van der Waals surface area (Å²) in [7, 11) is 0. The van der Waals surface area contributed by atoms with Crippen LogP contribution in [0.15, 0.2) is 24.3 Å². The van der Waals surface area contributed by atoms with E-state index in [9.17, 15) is 19.5 Å². The number of carbonyl (C=O) groups is 3. The lowest BCUT2D eigenvalue weighted by atomic mass is 10.0. The maximum Gasteiger partial charge on any atom is 0.408 e. The molecule has 0 aliphatic rings. The van der Waals surface area contributed by atoms with E-state index in [1.165, 1.54) is 17.0 Å². The van der Waals surface area contributed by atoms with Gasteiger partial charge in [-0.1, -0.05) is 25.5 Å². The summed E-state index contributed by atoms with van der Waals surface area (Å²) in [6.07, 6.45) is 0.962. The molecule has 33 heavy (non-hydrogen) atoms. The van der Waals surface area contributed by atoms with Crippen molar-refractivity contribution in [3.63, 3.8) is 0 Å². The lowest BCUT2D eigenvalue weighted by Gasteiger charge is -2.37. The smallest absolute Gasteiger partial charge is 0.408 e. The highest BCUT2D eigenvalue weighted by Gasteiger charge is 2.37. The first-order chi connectivity index (χ1) is 15.3. The van der Waals surface area contributed by atoms with E-state index in [0.717, 1.165) is 12.8 Å². The molecule has 8 nitrogen and oxygen atoms in total. The number of benzene rings is 1. The van der Waals surface area contributed by atoms with Crippen molar-refractivity contribution in [1.29, 1.82) is 0 Å². The summed E-state index contributed by atoms with van der Waals surface area (Å²) in [4.78, 5) is 40.7. The molecule has 186 valence electrons. The molecule has 1 aromatic carbocycles. The van der Waals surface area contributed by atoms with Gasteiger partial charge in [-0.25, -0.2) is 4.79 Å². The molecular weight excluding hydrogens is 442 g/mol. The van der Waals surface area contributed by atoms with Gasteiger partial charge in [0.1, 0.15) is 23.4 Å². The van der Waals surface area contributed by atoms with Crippen LogP contribution >= 0.6 is 12.6 Å². The zero-order valence-electron chi connectivity index (χ0n) is 20.7. The molecule has 0 saturated heterocycles. The van der Waals surface area contributed by atoms with Gasteiger partial charge in [-0.3, -0.25) is 9.59 Å². The minimum Gasteiger partial charge on any atom is -0.508 e. The van der Waals surface area contributed by atoms with Crippen LogP contribution in [0.2, 0.25) is 0 Å². The first-order valence-corrected chi connectivity index (χ1v) is 12.0. The summed E-state index contributed by atoms with van der Waals surface area (Å²) in [6.45, 7) is 12.7. The first-order valence-electron chi connectivity index (χ1n) is 11.3. The van der Waals surface area contributed by atoms with Gasteiger partial charge < -0.3 is 25.4 Å². The molecule has 0 radical (unpaired) electrons. The third kappa shape index (κ3) is 9.15. The predicted molar refractivity (Wildman–Crippen MR) is 132 cm³/mol. The van der Waals surface area contributed by atoms with E-state index in [1.807, 2.05) is 13.8 Å². The molecular formula is C24H39N3O5S. The lowest BCUT2D eigenvalue weighted by molar-refractivity contribution is -0.144. The Morgan fingerprint density at radius 1 is 1.09 bits per heavy atom. The molecule has 1 rings (SSSR count). The topological polar surface area (TPSA) is 108 Å². The van der Waals surface area contributed by atoms with Crippen molar-refractivity contribution in [3.8, 4) is 5.75 Å². The Bertz CT molecular complexity index is 792. The average molecular weight is 482 g/mol. The van der Waals surface area contributed by atoms with Crippen LogP contribution in [0.5, 0.6) is 5.75 Å². The Morgan fingerprint density at radius 2 is 1.67 bits per heavy atom. The molecule has 0 aromatic heterocycles. The first kappa shape index (κ1) is 28.6. The van der Waals surface area contributed by atoms with Crippen LogP contribution in [0.3, 0.4) is 0 Å². The minimum atomic E-state index is -0.994.